The van der Waals surface area contributed by atoms with Gasteiger partial charge in [-0.25, -0.2) is 9.97 Å². The number of nitrogens with zero attached hydrogens (tertiary/aromatic N) is 3. The van der Waals surface area contributed by atoms with E-state index in [1.807, 2.05) is 6.92 Å². The number of hydrogen-bond acceptors (Lipinski definition) is 4. The number of piperidine rings is 1. The first-order chi connectivity index (χ1) is 9.90. The standard InChI is InChI=1S/C13H14F3N3O2/c1-7-8-2-9(19(7)6-20)10(3-8)21-12-5-17-11(4-18-12)13(14,15)16/h4-10H,2-3H2,1H3. The molecule has 3 rings (SSSR count). The predicted octanol–water partition coefficient (Wildman–Crippen LogP) is 1.88. The molecule has 2 aliphatic rings. The number of fused-ring (bicyclic) bond motifs is 2. The van der Waals surface area contributed by atoms with E-state index in [4.69, 9.17) is 4.74 Å². The van der Waals surface area contributed by atoms with Gasteiger partial charge in [-0.2, -0.15) is 13.2 Å². The Kier molecular flexibility index (Phi) is 3.26. The summed E-state index contributed by atoms with van der Waals surface area (Å²) in [6.07, 6.45) is -0.670. The molecule has 1 aromatic rings. The van der Waals surface area contributed by atoms with Gasteiger partial charge < -0.3 is 9.64 Å². The second-order valence-electron chi connectivity index (χ2n) is 5.49. The second kappa shape index (κ2) is 4.85. The smallest absolute Gasteiger partial charge is 0.434 e. The Hall–Kier alpha value is -1.86. The predicted molar refractivity (Wildman–Crippen MR) is 65.3 cm³/mol. The van der Waals surface area contributed by atoms with Crippen molar-refractivity contribution < 1.29 is 22.7 Å². The minimum Gasteiger partial charge on any atom is -0.471 e. The number of alkyl halides is 3. The molecular formula is C13H14F3N3O2. The van der Waals surface area contributed by atoms with E-state index in [1.165, 1.54) is 0 Å². The van der Waals surface area contributed by atoms with E-state index in [0.29, 0.717) is 12.1 Å². The lowest BCUT2D eigenvalue weighted by atomic mass is 10.00. The molecule has 21 heavy (non-hydrogen) atoms. The number of halogens is 3. The molecule has 0 aromatic carbocycles. The van der Waals surface area contributed by atoms with Gasteiger partial charge in [0.05, 0.1) is 18.4 Å². The molecule has 114 valence electrons. The van der Waals surface area contributed by atoms with E-state index in [2.05, 4.69) is 9.97 Å². The second-order valence-corrected chi connectivity index (χ2v) is 5.49. The molecule has 2 fully saturated rings. The normalized spacial score (nSPS) is 31.5. The van der Waals surface area contributed by atoms with E-state index in [0.717, 1.165) is 25.4 Å². The fraction of sp³-hybridized carbons (Fsp3) is 0.615. The monoisotopic (exact) mass is 301 g/mol. The molecule has 1 saturated heterocycles. The zero-order valence-corrected chi connectivity index (χ0v) is 11.2. The van der Waals surface area contributed by atoms with Gasteiger partial charge in [0.15, 0.2) is 5.69 Å². The van der Waals surface area contributed by atoms with Crippen LogP contribution in [0.2, 0.25) is 0 Å². The zero-order valence-electron chi connectivity index (χ0n) is 11.2. The summed E-state index contributed by atoms with van der Waals surface area (Å²) < 4.78 is 42.8. The van der Waals surface area contributed by atoms with Crippen molar-refractivity contribution in [2.45, 2.75) is 44.1 Å². The maximum atomic E-state index is 12.4. The Morgan fingerprint density at radius 3 is 2.62 bits per heavy atom. The van der Waals surface area contributed by atoms with Crippen molar-refractivity contribution in [3.8, 4) is 5.88 Å². The number of carbonyl (C=O) groups is 1. The van der Waals surface area contributed by atoms with Gasteiger partial charge in [-0.3, -0.25) is 4.79 Å². The van der Waals surface area contributed by atoms with Crippen molar-refractivity contribution in [3.05, 3.63) is 18.1 Å². The molecule has 1 amide bonds. The Morgan fingerprint density at radius 2 is 2.10 bits per heavy atom. The van der Waals surface area contributed by atoms with Gasteiger partial charge in [-0.05, 0) is 25.7 Å². The average molecular weight is 301 g/mol. The van der Waals surface area contributed by atoms with E-state index in [-0.39, 0.29) is 24.1 Å². The number of rotatable bonds is 3. The van der Waals surface area contributed by atoms with Gasteiger partial charge in [0, 0.05) is 6.04 Å². The highest BCUT2D eigenvalue weighted by Crippen LogP contribution is 2.42. The number of ether oxygens (including phenoxy) is 1. The molecule has 4 atom stereocenters. The van der Waals surface area contributed by atoms with Gasteiger partial charge in [0.1, 0.15) is 6.10 Å². The van der Waals surface area contributed by atoms with Crippen LogP contribution in [0.4, 0.5) is 13.2 Å². The van der Waals surface area contributed by atoms with Gasteiger partial charge in [0.2, 0.25) is 12.3 Å². The van der Waals surface area contributed by atoms with Crippen LogP contribution in [0.25, 0.3) is 0 Å². The highest BCUT2D eigenvalue weighted by atomic mass is 19.4. The van der Waals surface area contributed by atoms with Crippen LogP contribution in [0.1, 0.15) is 25.5 Å². The lowest BCUT2D eigenvalue weighted by molar-refractivity contribution is -0.141. The van der Waals surface area contributed by atoms with E-state index in [1.54, 1.807) is 4.90 Å². The largest absolute Gasteiger partial charge is 0.471 e. The van der Waals surface area contributed by atoms with Crippen LogP contribution >= 0.6 is 0 Å². The molecule has 0 spiro atoms. The average Bonchev–Trinajstić information content (AvgIpc) is 2.96. The maximum Gasteiger partial charge on any atom is 0.434 e. The minimum atomic E-state index is -4.51. The zero-order chi connectivity index (χ0) is 15.2. The number of likely N-dealkylation sites (tertiary alicyclic amines) is 1. The first-order valence-electron chi connectivity index (χ1n) is 6.69. The first kappa shape index (κ1) is 14.1. The third-order valence-corrected chi connectivity index (χ3v) is 4.36. The Morgan fingerprint density at radius 1 is 1.33 bits per heavy atom. The topological polar surface area (TPSA) is 55.3 Å². The first-order valence-corrected chi connectivity index (χ1v) is 6.69. The van der Waals surface area contributed by atoms with Gasteiger partial charge in [-0.15, -0.1) is 0 Å². The Balaban J connectivity index is 1.69. The highest BCUT2D eigenvalue weighted by Gasteiger charge is 2.50. The summed E-state index contributed by atoms with van der Waals surface area (Å²) in [6.45, 7) is 1.99. The lowest BCUT2D eigenvalue weighted by Gasteiger charge is -2.34. The molecule has 5 nitrogen and oxygen atoms in total. The van der Waals surface area contributed by atoms with Crippen molar-refractivity contribution in [1.82, 2.24) is 14.9 Å². The summed E-state index contributed by atoms with van der Waals surface area (Å²) in [5, 5.41) is 0. The van der Waals surface area contributed by atoms with Crippen LogP contribution in [0.3, 0.4) is 0 Å². The van der Waals surface area contributed by atoms with Crippen molar-refractivity contribution in [2.24, 2.45) is 5.92 Å². The summed E-state index contributed by atoms with van der Waals surface area (Å²) >= 11 is 0. The quantitative estimate of drug-likeness (QED) is 0.800. The molecule has 1 aromatic heterocycles. The van der Waals surface area contributed by atoms with Crippen molar-refractivity contribution in [2.75, 3.05) is 0 Å². The maximum absolute atomic E-state index is 12.4. The molecule has 0 radical (unpaired) electrons. The molecule has 1 saturated carbocycles. The van der Waals surface area contributed by atoms with Crippen LogP contribution in [-0.2, 0) is 11.0 Å². The molecular weight excluding hydrogens is 287 g/mol. The Labute approximate surface area is 119 Å². The van der Waals surface area contributed by atoms with Gasteiger partial charge in [0.25, 0.3) is 0 Å². The highest BCUT2D eigenvalue weighted by molar-refractivity contribution is 5.50. The van der Waals surface area contributed by atoms with E-state index in [9.17, 15) is 18.0 Å². The van der Waals surface area contributed by atoms with Gasteiger partial charge >= 0.3 is 6.18 Å². The molecule has 2 heterocycles. The number of amides is 1. The van der Waals surface area contributed by atoms with Crippen LogP contribution in [0, 0.1) is 5.92 Å². The van der Waals surface area contributed by atoms with E-state index < -0.39 is 11.9 Å². The van der Waals surface area contributed by atoms with Gasteiger partial charge in [-0.1, -0.05) is 0 Å². The Bertz CT molecular complexity index is 534. The number of carbonyl (C=O) groups excluding carboxylic acids is 1. The summed E-state index contributed by atoms with van der Waals surface area (Å²) in [5.74, 6) is 0.423. The van der Waals surface area contributed by atoms with E-state index >= 15 is 0 Å². The molecule has 8 heteroatoms. The molecule has 1 aliphatic carbocycles. The summed E-state index contributed by atoms with van der Waals surface area (Å²) in [6, 6.07) is 0.151. The third-order valence-electron chi connectivity index (χ3n) is 4.36. The SMILES string of the molecule is CC1C2CC(Oc3cnc(C(F)(F)F)cn3)C(C2)N1C=O. The van der Waals surface area contributed by atoms with Crippen LogP contribution in [0.5, 0.6) is 5.88 Å². The van der Waals surface area contributed by atoms with Crippen LogP contribution < -0.4 is 4.74 Å². The lowest BCUT2D eigenvalue weighted by Crippen LogP contribution is -2.47. The molecule has 0 N–H and O–H groups in total. The fourth-order valence-corrected chi connectivity index (χ4v) is 3.25. The molecule has 1 aliphatic heterocycles. The number of aromatic nitrogens is 2. The third kappa shape index (κ3) is 2.43. The summed E-state index contributed by atoms with van der Waals surface area (Å²) in [7, 11) is 0. The minimum absolute atomic E-state index is 0.0356. The van der Waals surface area contributed by atoms with Crippen molar-refractivity contribution in [1.29, 1.82) is 0 Å². The van der Waals surface area contributed by atoms with Crippen LogP contribution in [0.15, 0.2) is 12.4 Å². The fourth-order valence-electron chi connectivity index (χ4n) is 3.25. The summed E-state index contributed by atoms with van der Waals surface area (Å²) in [4.78, 5) is 19.8. The molecule has 4 unspecified atom stereocenters. The summed E-state index contributed by atoms with van der Waals surface area (Å²) in [5.41, 5.74) is -1.05. The molecule has 2 bridgehead atoms. The van der Waals surface area contributed by atoms with Crippen LogP contribution in [-0.4, -0.2) is 39.5 Å². The van der Waals surface area contributed by atoms with Crippen molar-refractivity contribution in [3.63, 3.8) is 0 Å². The number of hydrogen-bond donors (Lipinski definition) is 0. The van der Waals surface area contributed by atoms with Crippen molar-refractivity contribution >= 4 is 6.41 Å².